The average molecular weight is 716 g/mol. The number of hydrogen-bond donors (Lipinski definition) is 3. The van der Waals surface area contributed by atoms with Crippen molar-refractivity contribution in [2.75, 3.05) is 19.8 Å². The molecule has 3 N–H and O–H groups in total. The molecule has 0 unspecified atom stereocenters. The third-order valence-electron chi connectivity index (χ3n) is 6.42. The van der Waals surface area contributed by atoms with E-state index in [2.05, 4.69) is 37.1 Å². The fraction of sp³-hybridized carbons (Fsp3) is 0.250. The molecule has 1 heterocycles. The molecular weight excluding hydrogens is 684 g/mol. The number of hydrazone groups is 1. The first-order chi connectivity index (χ1) is 21.7. The van der Waals surface area contributed by atoms with Gasteiger partial charge in [0.05, 0.1) is 35.5 Å². The summed E-state index contributed by atoms with van der Waals surface area (Å²) in [7, 11) is 0. The summed E-state index contributed by atoms with van der Waals surface area (Å²) in [4.78, 5) is 25.4. The highest BCUT2D eigenvalue weighted by molar-refractivity contribution is 9.10. The summed E-state index contributed by atoms with van der Waals surface area (Å²) in [6.45, 7) is 5.92. The van der Waals surface area contributed by atoms with E-state index < -0.39 is 17.9 Å². The number of allylic oxidation sites excluding steroid dienone is 1. The highest BCUT2D eigenvalue weighted by Crippen LogP contribution is 2.38. The van der Waals surface area contributed by atoms with E-state index in [0.717, 1.165) is 5.56 Å². The first-order valence-corrected chi connectivity index (χ1v) is 15.6. The summed E-state index contributed by atoms with van der Waals surface area (Å²) >= 11 is 15.1. The Morgan fingerprint density at radius 3 is 2.56 bits per heavy atom. The van der Waals surface area contributed by atoms with Gasteiger partial charge in [0.25, 0.3) is 5.91 Å². The Morgan fingerprint density at radius 1 is 1.04 bits per heavy atom. The van der Waals surface area contributed by atoms with Crippen molar-refractivity contribution < 1.29 is 28.5 Å². The second kappa shape index (κ2) is 16.3. The summed E-state index contributed by atoms with van der Waals surface area (Å²) in [5.41, 5.74) is 5.52. The van der Waals surface area contributed by atoms with Crippen molar-refractivity contribution in [2.24, 2.45) is 5.10 Å². The van der Waals surface area contributed by atoms with Crippen LogP contribution in [0.5, 0.6) is 17.2 Å². The van der Waals surface area contributed by atoms with Gasteiger partial charge in [0.15, 0.2) is 23.2 Å². The highest BCUT2D eigenvalue weighted by Gasteiger charge is 2.32. The van der Waals surface area contributed by atoms with E-state index in [9.17, 15) is 9.59 Å². The van der Waals surface area contributed by atoms with Crippen molar-refractivity contribution in [3.8, 4) is 17.2 Å². The van der Waals surface area contributed by atoms with Crippen LogP contribution in [-0.4, -0.2) is 43.0 Å². The number of nitrogens with zero attached hydrogens (tertiary/aromatic N) is 1. The van der Waals surface area contributed by atoms with Gasteiger partial charge in [-0.15, -0.1) is 0 Å². The number of nitrogens with one attached hydrogen (secondary N) is 3. The van der Waals surface area contributed by atoms with E-state index in [1.807, 2.05) is 25.1 Å². The first-order valence-electron chi connectivity index (χ1n) is 14.0. The number of ether oxygens (including phenoxy) is 4. The molecule has 0 saturated carbocycles. The van der Waals surface area contributed by atoms with Gasteiger partial charge in [0, 0.05) is 21.8 Å². The molecule has 0 aromatic heterocycles. The van der Waals surface area contributed by atoms with E-state index in [1.165, 1.54) is 6.21 Å². The van der Waals surface area contributed by atoms with Crippen LogP contribution in [0.4, 0.5) is 0 Å². The third kappa shape index (κ3) is 8.96. The van der Waals surface area contributed by atoms with Crippen molar-refractivity contribution >= 4 is 63.0 Å². The smallest absolute Gasteiger partial charge is 0.338 e. The normalized spacial score (nSPS) is 14.4. The number of carbonyl (C=O) groups excluding carboxylic acids is 2. The minimum Gasteiger partial charge on any atom is -0.490 e. The van der Waals surface area contributed by atoms with Gasteiger partial charge in [-0.05, 0) is 78.7 Å². The fourth-order valence-electron chi connectivity index (χ4n) is 4.44. The maximum absolute atomic E-state index is 12.8. The monoisotopic (exact) mass is 714 g/mol. The maximum Gasteiger partial charge on any atom is 0.338 e. The van der Waals surface area contributed by atoms with E-state index in [-0.39, 0.29) is 19.8 Å². The molecule has 0 spiro atoms. The lowest BCUT2D eigenvalue weighted by Crippen LogP contribution is -2.45. The molecule has 3 aromatic rings. The molecule has 0 radical (unpaired) electrons. The van der Waals surface area contributed by atoms with Gasteiger partial charge >= 0.3 is 5.97 Å². The van der Waals surface area contributed by atoms with Gasteiger partial charge in [-0.2, -0.15) is 5.10 Å². The molecule has 236 valence electrons. The lowest BCUT2D eigenvalue weighted by atomic mass is 9.95. The van der Waals surface area contributed by atoms with Crippen molar-refractivity contribution in [3.05, 3.63) is 98.1 Å². The average Bonchev–Trinajstić information content (AvgIpc) is 3.00. The molecule has 0 fully saturated rings. The van der Waals surface area contributed by atoms with E-state index in [4.69, 9.17) is 42.8 Å². The number of thiocarbonyl (C=S) groups is 1. The van der Waals surface area contributed by atoms with Crippen LogP contribution in [0.1, 0.15) is 43.5 Å². The van der Waals surface area contributed by atoms with Crippen LogP contribution < -0.4 is 30.3 Å². The van der Waals surface area contributed by atoms with E-state index in [0.29, 0.717) is 60.9 Å². The molecule has 1 atom stereocenters. The molecule has 45 heavy (non-hydrogen) atoms. The SMILES string of the molecule is CCOC(=O)C1=C(C)NC(=S)N[C@@H]1c1ccccc1OCC(=O)NN=Cc1cc(Br)c(OCc2ccccc2Cl)c(OCC)c1. The van der Waals surface area contributed by atoms with Gasteiger partial charge in [-0.1, -0.05) is 48.0 Å². The Kier molecular flexibility index (Phi) is 12.2. The molecule has 3 aromatic carbocycles. The predicted octanol–water partition coefficient (Wildman–Crippen LogP) is 5.97. The fourth-order valence-corrected chi connectivity index (χ4v) is 5.48. The van der Waals surface area contributed by atoms with Crippen LogP contribution >= 0.6 is 39.7 Å². The summed E-state index contributed by atoms with van der Waals surface area (Å²) in [6, 6.07) is 17.4. The summed E-state index contributed by atoms with van der Waals surface area (Å²) in [6.07, 6.45) is 1.48. The minimum absolute atomic E-state index is 0.219. The van der Waals surface area contributed by atoms with Crippen LogP contribution in [0.15, 0.2) is 81.5 Å². The van der Waals surface area contributed by atoms with Crippen molar-refractivity contribution in [1.82, 2.24) is 16.1 Å². The Balaban J connectivity index is 1.41. The Bertz CT molecular complexity index is 1630. The molecule has 1 amide bonds. The van der Waals surface area contributed by atoms with Crippen LogP contribution in [-0.2, 0) is 20.9 Å². The Morgan fingerprint density at radius 2 is 1.80 bits per heavy atom. The molecule has 0 saturated heterocycles. The molecular formula is C32H32BrClN4O6S. The van der Waals surface area contributed by atoms with Crippen LogP contribution in [0.2, 0.25) is 5.02 Å². The number of para-hydroxylation sites is 1. The van der Waals surface area contributed by atoms with Crippen LogP contribution in [0, 0.1) is 0 Å². The molecule has 0 aliphatic carbocycles. The van der Waals surface area contributed by atoms with Gasteiger partial charge in [0.2, 0.25) is 0 Å². The number of amides is 1. The molecule has 0 bridgehead atoms. The number of benzene rings is 3. The zero-order chi connectivity index (χ0) is 32.3. The van der Waals surface area contributed by atoms with Gasteiger partial charge < -0.3 is 29.6 Å². The molecule has 1 aliphatic heterocycles. The van der Waals surface area contributed by atoms with Crippen molar-refractivity contribution in [3.63, 3.8) is 0 Å². The predicted molar refractivity (Wildman–Crippen MR) is 180 cm³/mol. The number of rotatable bonds is 13. The van der Waals surface area contributed by atoms with E-state index in [1.54, 1.807) is 56.3 Å². The third-order valence-corrected chi connectivity index (χ3v) is 7.60. The Hall–Kier alpha value is -4.13. The van der Waals surface area contributed by atoms with Crippen molar-refractivity contribution in [2.45, 2.75) is 33.4 Å². The first kappa shape index (κ1) is 33.8. The van der Waals surface area contributed by atoms with Gasteiger partial charge in [-0.25, -0.2) is 10.2 Å². The lowest BCUT2D eigenvalue weighted by molar-refractivity contribution is -0.139. The topological polar surface area (TPSA) is 120 Å². The number of esters is 1. The lowest BCUT2D eigenvalue weighted by Gasteiger charge is -2.30. The number of hydrogen-bond acceptors (Lipinski definition) is 8. The standard InChI is InChI=1S/C32H32BrClN4O6S/c1-4-41-26-15-20(14-23(33)30(26)44-17-21-10-6-8-12-24(21)34)16-35-38-27(39)18-43-25-13-9-7-11-22(25)29-28(31(40)42-5-2)19(3)36-32(45)37-29/h6-16,29H,4-5,17-18H2,1-3H3,(H,38,39)(H2,36,37,45)/t29-/m1/s1. The molecule has 10 nitrogen and oxygen atoms in total. The Labute approximate surface area is 280 Å². The van der Waals surface area contributed by atoms with Gasteiger partial charge in [0.1, 0.15) is 12.4 Å². The quantitative estimate of drug-likeness (QED) is 0.0852. The largest absolute Gasteiger partial charge is 0.490 e. The molecule has 4 rings (SSSR count). The number of carbonyl (C=O) groups is 2. The zero-order valence-electron chi connectivity index (χ0n) is 24.8. The zero-order valence-corrected chi connectivity index (χ0v) is 28.0. The summed E-state index contributed by atoms with van der Waals surface area (Å²) in [5, 5.41) is 11.1. The summed E-state index contributed by atoms with van der Waals surface area (Å²) in [5.74, 6) is 0.445. The van der Waals surface area contributed by atoms with Gasteiger partial charge in [-0.3, -0.25) is 4.79 Å². The van der Waals surface area contributed by atoms with E-state index >= 15 is 0 Å². The van der Waals surface area contributed by atoms with Crippen LogP contribution in [0.25, 0.3) is 0 Å². The maximum atomic E-state index is 12.8. The highest BCUT2D eigenvalue weighted by atomic mass is 79.9. The van der Waals surface area contributed by atoms with Crippen molar-refractivity contribution in [1.29, 1.82) is 0 Å². The molecule has 13 heteroatoms. The summed E-state index contributed by atoms with van der Waals surface area (Å²) < 4.78 is 23.6. The minimum atomic E-state index is -0.635. The molecule has 1 aliphatic rings. The number of halogens is 2. The second-order valence-electron chi connectivity index (χ2n) is 9.55. The second-order valence-corrected chi connectivity index (χ2v) is 11.2. The van der Waals surface area contributed by atoms with Crippen LogP contribution in [0.3, 0.4) is 0 Å².